The van der Waals surface area contributed by atoms with E-state index in [1.54, 1.807) is 41.2 Å². The number of piperidine rings is 1. The van der Waals surface area contributed by atoms with Crippen molar-refractivity contribution in [2.45, 2.75) is 19.8 Å². The van der Waals surface area contributed by atoms with Gasteiger partial charge in [0.2, 0.25) is 5.82 Å². The molecule has 0 N–H and O–H groups in total. The fourth-order valence-corrected chi connectivity index (χ4v) is 4.68. The summed E-state index contributed by atoms with van der Waals surface area (Å²) in [7, 11) is 1.59. The third kappa shape index (κ3) is 5.05. The standard InChI is InChI=1S/C27H31N5O4/c1-19-11-13-30(14-12-19)22-7-3-20(4-8-22)24-28-25(36-29-24)27(34)32-17-15-31(16-18-32)26(33)21-5-9-23(35-2)10-6-21/h3-10,19H,11-18H2,1-2H3. The normalized spacial score (nSPS) is 16.8. The first-order chi connectivity index (χ1) is 17.5. The number of benzene rings is 2. The summed E-state index contributed by atoms with van der Waals surface area (Å²) in [4.78, 5) is 35.9. The Morgan fingerprint density at radius 3 is 2.08 bits per heavy atom. The maximum absolute atomic E-state index is 13.0. The van der Waals surface area contributed by atoms with Crippen molar-refractivity contribution in [1.29, 1.82) is 0 Å². The molecular weight excluding hydrogens is 458 g/mol. The molecule has 2 amide bonds. The van der Waals surface area contributed by atoms with Gasteiger partial charge in [0, 0.05) is 56.1 Å². The second kappa shape index (κ2) is 10.4. The summed E-state index contributed by atoms with van der Waals surface area (Å²) in [5.41, 5.74) is 2.59. The number of carbonyl (C=O) groups is 2. The number of piperazine rings is 1. The Morgan fingerprint density at radius 1 is 0.861 bits per heavy atom. The van der Waals surface area contributed by atoms with Crippen LogP contribution in [-0.2, 0) is 0 Å². The van der Waals surface area contributed by atoms with Gasteiger partial charge in [-0.25, -0.2) is 0 Å². The van der Waals surface area contributed by atoms with Crippen LogP contribution < -0.4 is 9.64 Å². The molecule has 0 spiro atoms. The smallest absolute Gasteiger partial charge is 0.316 e. The van der Waals surface area contributed by atoms with Crippen LogP contribution in [0.25, 0.3) is 11.4 Å². The molecule has 0 radical (unpaired) electrons. The fraction of sp³-hybridized carbons (Fsp3) is 0.407. The van der Waals surface area contributed by atoms with Crippen LogP contribution in [0.2, 0.25) is 0 Å². The molecule has 5 rings (SSSR count). The van der Waals surface area contributed by atoms with E-state index in [0.29, 0.717) is 43.3 Å². The molecule has 0 bridgehead atoms. The van der Waals surface area contributed by atoms with E-state index in [-0.39, 0.29) is 17.7 Å². The van der Waals surface area contributed by atoms with Gasteiger partial charge in [0.1, 0.15) is 5.75 Å². The molecule has 3 aromatic rings. The lowest BCUT2D eigenvalue weighted by Gasteiger charge is -2.34. The van der Waals surface area contributed by atoms with Crippen LogP contribution >= 0.6 is 0 Å². The average molecular weight is 490 g/mol. The van der Waals surface area contributed by atoms with Crippen molar-refractivity contribution in [2.24, 2.45) is 5.92 Å². The summed E-state index contributed by atoms with van der Waals surface area (Å²) in [5.74, 6) is 1.47. The molecule has 2 saturated heterocycles. The number of anilines is 1. The van der Waals surface area contributed by atoms with E-state index < -0.39 is 0 Å². The molecule has 0 atom stereocenters. The monoisotopic (exact) mass is 489 g/mol. The summed E-state index contributed by atoms with van der Waals surface area (Å²) in [5, 5.41) is 4.03. The van der Waals surface area contributed by atoms with Crippen LogP contribution in [0.1, 0.15) is 40.8 Å². The predicted molar refractivity (Wildman–Crippen MR) is 135 cm³/mol. The number of carbonyl (C=O) groups excluding carboxylic acids is 2. The maximum Gasteiger partial charge on any atom is 0.316 e. The van der Waals surface area contributed by atoms with Crippen LogP contribution in [0.5, 0.6) is 5.75 Å². The summed E-state index contributed by atoms with van der Waals surface area (Å²) in [6.45, 7) is 6.13. The lowest BCUT2D eigenvalue weighted by Crippen LogP contribution is -2.50. The predicted octanol–water partition coefficient (Wildman–Crippen LogP) is 3.58. The van der Waals surface area contributed by atoms with E-state index in [0.717, 1.165) is 24.6 Å². The molecule has 2 fully saturated rings. The van der Waals surface area contributed by atoms with Gasteiger partial charge in [0.05, 0.1) is 7.11 Å². The number of hydrogen-bond acceptors (Lipinski definition) is 7. The van der Waals surface area contributed by atoms with Crippen LogP contribution in [0, 0.1) is 5.92 Å². The second-order valence-corrected chi connectivity index (χ2v) is 9.45. The first-order valence-electron chi connectivity index (χ1n) is 12.4. The number of aromatic nitrogens is 2. The molecule has 36 heavy (non-hydrogen) atoms. The number of amides is 2. The molecule has 1 aromatic heterocycles. The van der Waals surface area contributed by atoms with E-state index in [1.165, 1.54) is 18.5 Å². The van der Waals surface area contributed by atoms with Gasteiger partial charge in [-0.1, -0.05) is 12.1 Å². The van der Waals surface area contributed by atoms with Crippen molar-refractivity contribution >= 4 is 17.5 Å². The van der Waals surface area contributed by atoms with Gasteiger partial charge in [-0.15, -0.1) is 0 Å². The summed E-state index contributed by atoms with van der Waals surface area (Å²) in [6, 6.07) is 15.1. The third-order valence-electron chi connectivity index (χ3n) is 7.07. The second-order valence-electron chi connectivity index (χ2n) is 9.45. The van der Waals surface area contributed by atoms with Crippen molar-refractivity contribution in [3.63, 3.8) is 0 Å². The highest BCUT2D eigenvalue weighted by molar-refractivity contribution is 5.95. The highest BCUT2D eigenvalue weighted by Gasteiger charge is 2.28. The Bertz CT molecular complexity index is 1190. The molecular formula is C27H31N5O4. The van der Waals surface area contributed by atoms with E-state index in [9.17, 15) is 9.59 Å². The van der Waals surface area contributed by atoms with Gasteiger partial charge in [0.25, 0.3) is 5.91 Å². The Labute approximate surface area is 210 Å². The molecule has 0 aliphatic carbocycles. The van der Waals surface area contributed by atoms with Crippen molar-refractivity contribution in [3.05, 3.63) is 60.0 Å². The Morgan fingerprint density at radius 2 is 1.47 bits per heavy atom. The first kappa shape index (κ1) is 23.8. The first-order valence-corrected chi connectivity index (χ1v) is 12.4. The van der Waals surface area contributed by atoms with Crippen LogP contribution in [0.15, 0.2) is 53.1 Å². The third-order valence-corrected chi connectivity index (χ3v) is 7.07. The van der Waals surface area contributed by atoms with Gasteiger partial charge in [-0.05, 0) is 67.3 Å². The average Bonchev–Trinajstić information content (AvgIpc) is 3.43. The van der Waals surface area contributed by atoms with E-state index in [1.807, 2.05) is 12.1 Å². The summed E-state index contributed by atoms with van der Waals surface area (Å²) >= 11 is 0. The van der Waals surface area contributed by atoms with E-state index >= 15 is 0 Å². The zero-order valence-electron chi connectivity index (χ0n) is 20.7. The van der Waals surface area contributed by atoms with Crippen LogP contribution in [0.3, 0.4) is 0 Å². The van der Waals surface area contributed by atoms with Gasteiger partial charge in [-0.2, -0.15) is 4.98 Å². The van der Waals surface area contributed by atoms with Crippen LogP contribution in [-0.4, -0.2) is 78.1 Å². The van der Waals surface area contributed by atoms with Crippen LogP contribution in [0.4, 0.5) is 5.69 Å². The highest BCUT2D eigenvalue weighted by Crippen LogP contribution is 2.26. The quantitative estimate of drug-likeness (QED) is 0.541. The maximum atomic E-state index is 13.0. The van der Waals surface area contributed by atoms with Gasteiger partial charge >= 0.3 is 11.8 Å². The highest BCUT2D eigenvalue weighted by atomic mass is 16.5. The van der Waals surface area contributed by atoms with Crippen molar-refractivity contribution in [2.75, 3.05) is 51.3 Å². The van der Waals surface area contributed by atoms with Gasteiger partial charge in [-0.3, -0.25) is 9.59 Å². The SMILES string of the molecule is COc1ccc(C(=O)N2CCN(C(=O)c3nc(-c4ccc(N5CCC(C)CC5)cc4)no3)CC2)cc1. The molecule has 3 heterocycles. The minimum absolute atomic E-state index is 0.0333. The molecule has 188 valence electrons. The Hall–Kier alpha value is -3.88. The molecule has 0 saturated carbocycles. The number of nitrogens with zero attached hydrogens (tertiary/aromatic N) is 5. The van der Waals surface area contributed by atoms with Gasteiger partial charge in [0.15, 0.2) is 0 Å². The summed E-state index contributed by atoms with van der Waals surface area (Å²) in [6.07, 6.45) is 2.42. The van der Waals surface area contributed by atoms with Crippen molar-refractivity contribution in [3.8, 4) is 17.1 Å². The lowest BCUT2D eigenvalue weighted by molar-refractivity contribution is 0.0508. The Balaban J connectivity index is 1.17. The zero-order valence-corrected chi connectivity index (χ0v) is 20.7. The molecule has 2 aliphatic heterocycles. The molecule has 9 nitrogen and oxygen atoms in total. The molecule has 0 unspecified atom stereocenters. The number of hydrogen-bond donors (Lipinski definition) is 0. The van der Waals surface area contributed by atoms with E-state index in [2.05, 4.69) is 34.1 Å². The zero-order chi connectivity index (χ0) is 25.1. The number of ether oxygens (including phenoxy) is 1. The largest absolute Gasteiger partial charge is 0.497 e. The van der Waals surface area contributed by atoms with E-state index in [4.69, 9.17) is 9.26 Å². The number of methoxy groups -OCH3 is 1. The molecule has 9 heteroatoms. The number of rotatable bonds is 5. The Kier molecular flexibility index (Phi) is 6.88. The molecule has 2 aliphatic rings. The topological polar surface area (TPSA) is 92.0 Å². The fourth-order valence-electron chi connectivity index (χ4n) is 4.68. The lowest BCUT2D eigenvalue weighted by atomic mass is 9.98. The minimum atomic E-state index is -0.315. The van der Waals surface area contributed by atoms with Gasteiger partial charge < -0.3 is 24.0 Å². The summed E-state index contributed by atoms with van der Waals surface area (Å²) < 4.78 is 10.5. The molecule has 2 aromatic carbocycles. The van der Waals surface area contributed by atoms with Crippen molar-refractivity contribution < 1.29 is 18.8 Å². The minimum Gasteiger partial charge on any atom is -0.497 e. The van der Waals surface area contributed by atoms with Crippen molar-refractivity contribution in [1.82, 2.24) is 19.9 Å².